The van der Waals surface area contributed by atoms with Gasteiger partial charge in [0, 0.05) is 7.10 Å². The van der Waals surface area contributed by atoms with Crippen LogP contribution in [0.2, 0.25) is 39.3 Å². The summed E-state index contributed by atoms with van der Waals surface area (Å²) >= 11 is 5.35. The summed E-state index contributed by atoms with van der Waals surface area (Å²) in [6.07, 6.45) is 0. The van der Waals surface area contributed by atoms with E-state index in [1.54, 1.807) is 0 Å². The van der Waals surface area contributed by atoms with Gasteiger partial charge in [-0.25, -0.2) is 0 Å². The van der Waals surface area contributed by atoms with Crippen molar-refractivity contribution in [2.75, 3.05) is 4.43 Å². The van der Waals surface area contributed by atoms with Crippen molar-refractivity contribution in [1.82, 2.24) is 0 Å². The second-order valence-electron chi connectivity index (χ2n) is 5.43. The maximum Gasteiger partial charge on any atom is 0.0599 e. The zero-order valence-electron chi connectivity index (χ0n) is 8.96. The largest absolute Gasteiger partial charge is 0.0856 e. The van der Waals surface area contributed by atoms with Gasteiger partial charge in [0.05, 0.1) is 16.1 Å². The van der Waals surface area contributed by atoms with Crippen LogP contribution in [0.4, 0.5) is 0 Å². The van der Waals surface area contributed by atoms with Crippen LogP contribution in [0.15, 0.2) is 0 Å². The van der Waals surface area contributed by atoms with Gasteiger partial charge in [0.1, 0.15) is 0 Å². The van der Waals surface area contributed by atoms with Gasteiger partial charge in [-0.3, -0.25) is 0 Å². The lowest BCUT2D eigenvalue weighted by Gasteiger charge is -2.46. The predicted octanol–water partition coefficient (Wildman–Crippen LogP) is 4.35. The van der Waals surface area contributed by atoms with Crippen LogP contribution in [0.5, 0.6) is 0 Å². The third-order valence-electron chi connectivity index (χ3n) is 2.56. The van der Waals surface area contributed by atoms with Crippen LogP contribution >= 0.6 is 45.2 Å². The maximum absolute atomic E-state index is 2.77. The Labute approximate surface area is 107 Å². The Morgan fingerprint density at radius 3 is 1.17 bits per heavy atom. The monoisotopic (exact) mass is 426 g/mol. The van der Waals surface area contributed by atoms with Crippen molar-refractivity contribution in [2.45, 2.75) is 42.0 Å². The first-order valence-electron chi connectivity index (χ1n) is 4.31. The summed E-state index contributed by atoms with van der Waals surface area (Å²) in [5.74, 6) is 0. The van der Waals surface area contributed by atoms with Crippen molar-refractivity contribution < 1.29 is 0 Å². The quantitative estimate of drug-likeness (QED) is 0.358. The van der Waals surface area contributed by atoms with Gasteiger partial charge in [-0.1, -0.05) is 84.5 Å². The summed E-state index contributed by atoms with van der Waals surface area (Å²) in [7, 11) is -2.01. The molecule has 0 spiro atoms. The molecule has 0 aliphatic carbocycles. The molecule has 0 radical (unpaired) electrons. The van der Waals surface area contributed by atoms with Crippen molar-refractivity contribution in [3.05, 3.63) is 0 Å². The molecule has 0 unspecified atom stereocenters. The zero-order valence-corrected chi connectivity index (χ0v) is 15.3. The highest BCUT2D eigenvalue weighted by molar-refractivity contribution is 14.1. The molecule has 0 saturated carbocycles. The molecule has 0 aromatic rings. The molecule has 0 nitrogen and oxygen atoms in total. The molecule has 4 heteroatoms. The number of rotatable bonds is 3. The van der Waals surface area contributed by atoms with Gasteiger partial charge in [0.2, 0.25) is 0 Å². The second-order valence-corrected chi connectivity index (χ2v) is 21.3. The third-order valence-corrected chi connectivity index (χ3v) is 26.3. The van der Waals surface area contributed by atoms with E-state index in [1.807, 2.05) is 0 Å². The van der Waals surface area contributed by atoms with E-state index in [1.165, 1.54) is 4.43 Å². The van der Waals surface area contributed by atoms with Gasteiger partial charge in [-0.2, -0.15) is 0 Å². The van der Waals surface area contributed by atoms with Crippen LogP contribution in [-0.2, 0) is 0 Å². The second kappa shape index (κ2) is 4.18. The lowest BCUT2D eigenvalue weighted by atomic mass is 10.9. The van der Waals surface area contributed by atoms with E-state index in [9.17, 15) is 0 Å². The standard InChI is InChI=1S/C8H20I2Si2/c1-11(2,3)8(10,7-9)12(4,5)6/h7H2,1-6H3. The van der Waals surface area contributed by atoms with Crippen molar-refractivity contribution >= 4 is 61.3 Å². The Balaban J connectivity index is 4.95. The SMILES string of the molecule is C[Si](C)(C)C(I)(CI)[Si](C)(C)C. The van der Waals surface area contributed by atoms with E-state index in [-0.39, 0.29) is 0 Å². The minimum Gasteiger partial charge on any atom is -0.0856 e. The summed E-state index contributed by atoms with van der Waals surface area (Å²) in [5.41, 5.74) is 0. The van der Waals surface area contributed by atoms with Crippen LogP contribution in [0.3, 0.4) is 0 Å². The van der Waals surface area contributed by atoms with Crippen LogP contribution in [0, 0.1) is 0 Å². The lowest BCUT2D eigenvalue weighted by Crippen LogP contribution is -2.63. The van der Waals surface area contributed by atoms with E-state index in [0.29, 0.717) is 2.67 Å². The lowest BCUT2D eigenvalue weighted by molar-refractivity contribution is 1.20. The van der Waals surface area contributed by atoms with Crippen LogP contribution in [0.1, 0.15) is 0 Å². The first-order valence-corrected chi connectivity index (χ1v) is 13.9. The first-order chi connectivity index (χ1) is 5.06. The van der Waals surface area contributed by atoms with Gasteiger partial charge >= 0.3 is 0 Å². The summed E-state index contributed by atoms with van der Waals surface area (Å²) in [5, 5.41) is 0. The molecular formula is C8H20I2Si2. The van der Waals surface area contributed by atoms with Crippen LogP contribution < -0.4 is 0 Å². The Morgan fingerprint density at radius 1 is 0.917 bits per heavy atom. The molecule has 0 aromatic carbocycles. The fourth-order valence-corrected chi connectivity index (χ4v) is 18.2. The number of hydrogen-bond acceptors (Lipinski definition) is 0. The Kier molecular flexibility index (Phi) is 4.84. The number of hydrogen-bond donors (Lipinski definition) is 0. The molecule has 12 heavy (non-hydrogen) atoms. The molecule has 0 heterocycles. The van der Waals surface area contributed by atoms with Gasteiger partial charge < -0.3 is 0 Å². The summed E-state index contributed by atoms with van der Waals surface area (Å²) in [6, 6.07) is 0. The smallest absolute Gasteiger partial charge is 0.0599 e. The zero-order chi connectivity index (χ0) is 10.2. The van der Waals surface area contributed by atoms with Crippen LogP contribution in [0.25, 0.3) is 0 Å². The maximum atomic E-state index is 2.77. The molecule has 0 aromatic heterocycles. The van der Waals surface area contributed by atoms with E-state index in [2.05, 4.69) is 84.5 Å². The van der Waals surface area contributed by atoms with Crippen molar-refractivity contribution in [1.29, 1.82) is 0 Å². The highest BCUT2D eigenvalue weighted by Crippen LogP contribution is 2.40. The van der Waals surface area contributed by atoms with Crippen LogP contribution in [-0.4, -0.2) is 23.2 Å². The highest BCUT2D eigenvalue weighted by Gasteiger charge is 2.49. The predicted molar refractivity (Wildman–Crippen MR) is 82.3 cm³/mol. The molecule has 0 amide bonds. The molecule has 0 fully saturated rings. The Bertz CT molecular complexity index is 141. The molecule has 0 bridgehead atoms. The van der Waals surface area contributed by atoms with E-state index in [0.717, 1.165) is 0 Å². The first kappa shape index (κ1) is 13.9. The van der Waals surface area contributed by atoms with E-state index in [4.69, 9.17) is 0 Å². The Morgan fingerprint density at radius 2 is 1.17 bits per heavy atom. The molecular weight excluding hydrogens is 406 g/mol. The minimum atomic E-state index is -1.01. The summed E-state index contributed by atoms with van der Waals surface area (Å²) in [6.45, 7) is 15.1. The fourth-order valence-electron chi connectivity index (χ4n) is 1.53. The van der Waals surface area contributed by atoms with Gasteiger partial charge in [0.25, 0.3) is 0 Å². The average molecular weight is 426 g/mol. The summed E-state index contributed by atoms with van der Waals surface area (Å²) in [4.78, 5) is 0. The molecule has 0 aliphatic rings. The number of alkyl halides is 2. The van der Waals surface area contributed by atoms with Gasteiger partial charge in [-0.05, 0) is 0 Å². The van der Waals surface area contributed by atoms with Gasteiger partial charge in [0.15, 0.2) is 0 Å². The minimum absolute atomic E-state index is 0.651. The van der Waals surface area contributed by atoms with Gasteiger partial charge in [-0.15, -0.1) is 0 Å². The number of halogens is 2. The molecule has 0 N–H and O–H groups in total. The van der Waals surface area contributed by atoms with E-state index < -0.39 is 16.1 Å². The van der Waals surface area contributed by atoms with Crippen molar-refractivity contribution in [3.8, 4) is 0 Å². The molecule has 0 saturated heterocycles. The van der Waals surface area contributed by atoms with Crippen molar-refractivity contribution in [2.24, 2.45) is 0 Å². The normalized spacial score (nSPS) is 15.0. The molecule has 0 rings (SSSR count). The highest BCUT2D eigenvalue weighted by atomic mass is 127. The van der Waals surface area contributed by atoms with E-state index >= 15 is 0 Å². The molecule has 0 aliphatic heterocycles. The van der Waals surface area contributed by atoms with Crippen molar-refractivity contribution in [3.63, 3.8) is 0 Å². The topological polar surface area (TPSA) is 0 Å². The molecule has 0 atom stereocenters. The average Bonchev–Trinajstić information content (AvgIpc) is 1.81. The molecule has 74 valence electrons. The fraction of sp³-hybridized carbons (Fsp3) is 1.00. The third kappa shape index (κ3) is 2.69. The summed E-state index contributed by atoms with van der Waals surface area (Å²) < 4.78 is 1.98. The Hall–Kier alpha value is 1.89.